The van der Waals surface area contributed by atoms with Crippen LogP contribution in [0.3, 0.4) is 0 Å². The molecule has 24 heavy (non-hydrogen) atoms. The Morgan fingerprint density at radius 3 is 2.62 bits per heavy atom. The molecule has 0 spiro atoms. The van der Waals surface area contributed by atoms with Gasteiger partial charge >= 0.3 is 0 Å². The highest BCUT2D eigenvalue weighted by atomic mass is 32.1. The highest BCUT2D eigenvalue weighted by Gasteiger charge is 2.22. The standard InChI is InChI=1S/C18H24N2O3S/c1-11(15(21)10-14-8-6-5-7-9-14)19-17(22)16-12(2)20-18(24-16)13(3)23-4/h5-9,11,13,15,21H,10H2,1-4H3,(H,19,22)/t11-,13-,15-/m1/s1. The van der Waals surface area contributed by atoms with E-state index in [-0.39, 0.29) is 18.1 Å². The summed E-state index contributed by atoms with van der Waals surface area (Å²) in [4.78, 5) is 17.4. The second-order valence-corrected chi connectivity index (χ2v) is 6.89. The van der Waals surface area contributed by atoms with Gasteiger partial charge in [0.15, 0.2) is 0 Å². The zero-order valence-corrected chi connectivity index (χ0v) is 15.3. The van der Waals surface area contributed by atoms with Gasteiger partial charge < -0.3 is 15.2 Å². The molecule has 1 aromatic heterocycles. The molecule has 0 aliphatic heterocycles. The Hall–Kier alpha value is -1.76. The number of aromatic nitrogens is 1. The van der Waals surface area contributed by atoms with E-state index in [0.717, 1.165) is 10.6 Å². The molecule has 6 heteroatoms. The summed E-state index contributed by atoms with van der Waals surface area (Å²) in [5.74, 6) is -0.209. The predicted molar refractivity (Wildman–Crippen MR) is 95.4 cm³/mol. The molecule has 130 valence electrons. The number of nitrogens with zero attached hydrogens (tertiary/aromatic N) is 1. The quantitative estimate of drug-likeness (QED) is 0.807. The van der Waals surface area contributed by atoms with Crippen molar-refractivity contribution in [2.24, 2.45) is 0 Å². The molecule has 0 radical (unpaired) electrons. The molecule has 1 aromatic carbocycles. The fraction of sp³-hybridized carbons (Fsp3) is 0.444. The molecule has 2 aromatic rings. The number of aliphatic hydroxyl groups excluding tert-OH is 1. The van der Waals surface area contributed by atoms with Gasteiger partial charge in [-0.2, -0.15) is 0 Å². The van der Waals surface area contributed by atoms with Crippen LogP contribution in [0.15, 0.2) is 30.3 Å². The largest absolute Gasteiger partial charge is 0.391 e. The number of carbonyl (C=O) groups is 1. The van der Waals surface area contributed by atoms with E-state index in [9.17, 15) is 9.90 Å². The summed E-state index contributed by atoms with van der Waals surface area (Å²) in [6, 6.07) is 9.37. The maximum Gasteiger partial charge on any atom is 0.263 e. The number of thiazole rings is 1. The number of rotatable bonds is 7. The lowest BCUT2D eigenvalue weighted by molar-refractivity contribution is 0.0855. The minimum Gasteiger partial charge on any atom is -0.391 e. The Labute approximate surface area is 146 Å². The Morgan fingerprint density at radius 2 is 2.00 bits per heavy atom. The number of hydrogen-bond donors (Lipinski definition) is 2. The van der Waals surface area contributed by atoms with E-state index in [1.54, 1.807) is 14.0 Å². The number of amides is 1. The predicted octanol–water partition coefficient (Wildman–Crippen LogP) is 2.88. The summed E-state index contributed by atoms with van der Waals surface area (Å²) in [6.45, 7) is 5.51. The molecule has 0 bridgehead atoms. The van der Waals surface area contributed by atoms with E-state index in [0.29, 0.717) is 17.0 Å². The van der Waals surface area contributed by atoms with Crippen molar-refractivity contribution in [1.29, 1.82) is 0 Å². The molecule has 0 aliphatic rings. The maximum atomic E-state index is 12.5. The van der Waals surface area contributed by atoms with Gasteiger partial charge in [0.05, 0.1) is 17.8 Å². The average Bonchev–Trinajstić information content (AvgIpc) is 2.96. The van der Waals surface area contributed by atoms with E-state index in [1.165, 1.54) is 11.3 Å². The van der Waals surface area contributed by atoms with E-state index in [1.807, 2.05) is 44.2 Å². The van der Waals surface area contributed by atoms with Crippen LogP contribution in [0.2, 0.25) is 0 Å². The molecular formula is C18H24N2O3S. The summed E-state index contributed by atoms with van der Waals surface area (Å²) in [5.41, 5.74) is 1.72. The Balaban J connectivity index is 1.99. The molecule has 3 atom stereocenters. The van der Waals surface area contributed by atoms with Gasteiger partial charge in [-0.3, -0.25) is 4.79 Å². The summed E-state index contributed by atoms with van der Waals surface area (Å²) in [7, 11) is 1.61. The number of aryl methyl sites for hydroxylation is 1. The van der Waals surface area contributed by atoms with Crippen molar-refractivity contribution in [3.05, 3.63) is 51.5 Å². The highest BCUT2D eigenvalue weighted by molar-refractivity contribution is 7.13. The van der Waals surface area contributed by atoms with Crippen molar-refractivity contribution in [1.82, 2.24) is 10.3 Å². The smallest absolute Gasteiger partial charge is 0.263 e. The monoisotopic (exact) mass is 348 g/mol. The van der Waals surface area contributed by atoms with Crippen molar-refractivity contribution in [2.45, 2.75) is 45.4 Å². The first-order valence-electron chi connectivity index (χ1n) is 7.95. The summed E-state index contributed by atoms with van der Waals surface area (Å²) in [6.07, 6.45) is -0.297. The molecule has 0 saturated carbocycles. The van der Waals surface area contributed by atoms with E-state index < -0.39 is 6.10 Å². The number of aliphatic hydroxyl groups is 1. The summed E-state index contributed by atoms with van der Waals surface area (Å²) >= 11 is 1.33. The molecule has 2 rings (SSSR count). The minimum absolute atomic E-state index is 0.142. The Morgan fingerprint density at radius 1 is 1.33 bits per heavy atom. The SMILES string of the molecule is CO[C@H](C)c1nc(C)c(C(=O)N[C@H](C)[C@H](O)Cc2ccccc2)s1. The van der Waals surface area contributed by atoms with Gasteiger partial charge in [-0.25, -0.2) is 4.98 Å². The van der Waals surface area contributed by atoms with Crippen LogP contribution in [-0.4, -0.2) is 35.3 Å². The van der Waals surface area contributed by atoms with Crippen molar-refractivity contribution < 1.29 is 14.6 Å². The minimum atomic E-state index is -0.651. The van der Waals surface area contributed by atoms with Crippen molar-refractivity contribution >= 4 is 17.2 Å². The average molecular weight is 348 g/mol. The topological polar surface area (TPSA) is 71.5 Å². The van der Waals surface area contributed by atoms with Crippen molar-refractivity contribution in [2.75, 3.05) is 7.11 Å². The Kier molecular flexibility index (Phi) is 6.48. The van der Waals surface area contributed by atoms with Crippen LogP contribution in [0, 0.1) is 6.92 Å². The number of nitrogens with one attached hydrogen (secondary N) is 1. The van der Waals surface area contributed by atoms with Gasteiger partial charge in [-0.1, -0.05) is 30.3 Å². The first-order chi connectivity index (χ1) is 11.4. The number of methoxy groups -OCH3 is 1. The zero-order chi connectivity index (χ0) is 17.7. The van der Waals surface area contributed by atoms with Gasteiger partial charge in [-0.05, 0) is 26.3 Å². The summed E-state index contributed by atoms with van der Waals surface area (Å²) in [5, 5.41) is 14.0. The Bertz CT molecular complexity index is 672. The molecule has 2 N–H and O–H groups in total. The van der Waals surface area contributed by atoms with Gasteiger partial charge in [0.1, 0.15) is 16.0 Å². The molecule has 1 heterocycles. The van der Waals surface area contributed by atoms with Crippen molar-refractivity contribution in [3.8, 4) is 0 Å². The second kappa shape index (κ2) is 8.37. The van der Waals surface area contributed by atoms with Crippen molar-refractivity contribution in [3.63, 3.8) is 0 Å². The molecular weight excluding hydrogens is 324 g/mol. The molecule has 0 fully saturated rings. The van der Waals surface area contributed by atoms with E-state index in [2.05, 4.69) is 10.3 Å². The normalized spacial score (nSPS) is 14.9. The second-order valence-electron chi connectivity index (χ2n) is 5.86. The third-order valence-electron chi connectivity index (χ3n) is 3.94. The van der Waals surface area contributed by atoms with Crippen LogP contribution in [0.4, 0.5) is 0 Å². The van der Waals surface area contributed by atoms with Gasteiger partial charge in [0.25, 0.3) is 5.91 Å². The third kappa shape index (κ3) is 4.63. The highest BCUT2D eigenvalue weighted by Crippen LogP contribution is 2.25. The molecule has 0 saturated heterocycles. The van der Waals surface area contributed by atoms with Gasteiger partial charge in [-0.15, -0.1) is 11.3 Å². The molecule has 0 unspecified atom stereocenters. The molecule has 5 nitrogen and oxygen atoms in total. The van der Waals surface area contributed by atoms with Crippen LogP contribution in [0.1, 0.15) is 45.9 Å². The first kappa shape index (κ1) is 18.6. The van der Waals surface area contributed by atoms with Crippen LogP contribution < -0.4 is 5.32 Å². The van der Waals surface area contributed by atoms with Crippen LogP contribution in [-0.2, 0) is 11.2 Å². The number of benzene rings is 1. The lowest BCUT2D eigenvalue weighted by Gasteiger charge is -2.20. The van der Waals surface area contributed by atoms with Crippen LogP contribution in [0.25, 0.3) is 0 Å². The fourth-order valence-electron chi connectivity index (χ4n) is 2.30. The van der Waals surface area contributed by atoms with E-state index >= 15 is 0 Å². The summed E-state index contributed by atoms with van der Waals surface area (Å²) < 4.78 is 5.25. The van der Waals surface area contributed by atoms with Crippen LogP contribution >= 0.6 is 11.3 Å². The van der Waals surface area contributed by atoms with E-state index in [4.69, 9.17) is 4.74 Å². The lowest BCUT2D eigenvalue weighted by atomic mass is 10.0. The first-order valence-corrected chi connectivity index (χ1v) is 8.77. The lowest BCUT2D eigenvalue weighted by Crippen LogP contribution is -2.42. The number of ether oxygens (including phenoxy) is 1. The number of hydrogen-bond acceptors (Lipinski definition) is 5. The van der Waals surface area contributed by atoms with Crippen LogP contribution in [0.5, 0.6) is 0 Å². The molecule has 1 amide bonds. The van der Waals surface area contributed by atoms with Gasteiger partial charge in [0.2, 0.25) is 0 Å². The molecule has 0 aliphatic carbocycles. The van der Waals surface area contributed by atoms with Gasteiger partial charge in [0, 0.05) is 13.5 Å². The third-order valence-corrected chi connectivity index (χ3v) is 5.26. The number of carbonyl (C=O) groups excluding carboxylic acids is 1. The fourth-order valence-corrected chi connectivity index (χ4v) is 3.30. The maximum absolute atomic E-state index is 12.5. The zero-order valence-electron chi connectivity index (χ0n) is 14.4.